The molecule has 0 aliphatic carbocycles. The highest BCUT2D eigenvalue weighted by molar-refractivity contribution is 5.84. The third-order valence-corrected chi connectivity index (χ3v) is 5.39. The summed E-state index contributed by atoms with van der Waals surface area (Å²) in [4.78, 5) is 13.9. The lowest BCUT2D eigenvalue weighted by atomic mass is 9.89. The first kappa shape index (κ1) is 20.3. The van der Waals surface area contributed by atoms with E-state index in [1.165, 1.54) is 12.1 Å². The Morgan fingerprint density at radius 3 is 2.45 bits per heavy atom. The molecule has 0 fully saturated rings. The number of H-pyrrole nitrogens is 1. The number of nitrogens with one attached hydrogen (secondary N) is 2. The summed E-state index contributed by atoms with van der Waals surface area (Å²) in [6.07, 6.45) is 2.02. The molecule has 1 atom stereocenters. The Morgan fingerprint density at radius 2 is 1.74 bits per heavy atom. The number of ether oxygens (including phenoxy) is 2. The number of fused-ring (bicyclic) bond motifs is 1. The summed E-state index contributed by atoms with van der Waals surface area (Å²) in [5, 5.41) is 15.5. The number of para-hydroxylation sites is 2. The van der Waals surface area contributed by atoms with Gasteiger partial charge in [-0.3, -0.25) is 10.1 Å². The van der Waals surface area contributed by atoms with E-state index in [4.69, 9.17) is 9.47 Å². The molecule has 31 heavy (non-hydrogen) atoms. The van der Waals surface area contributed by atoms with Gasteiger partial charge in [0.15, 0.2) is 11.5 Å². The number of nitrogens with zero attached hydrogens (tertiary/aromatic N) is 1. The van der Waals surface area contributed by atoms with Crippen LogP contribution in [0.3, 0.4) is 0 Å². The predicted molar refractivity (Wildman–Crippen MR) is 121 cm³/mol. The van der Waals surface area contributed by atoms with Gasteiger partial charge in [-0.25, -0.2) is 0 Å². The van der Waals surface area contributed by atoms with E-state index in [2.05, 4.69) is 16.4 Å². The minimum Gasteiger partial charge on any atom is -0.493 e. The van der Waals surface area contributed by atoms with Crippen LogP contribution in [-0.2, 0) is 0 Å². The van der Waals surface area contributed by atoms with Crippen LogP contribution in [0.5, 0.6) is 11.5 Å². The van der Waals surface area contributed by atoms with Crippen LogP contribution in [0.15, 0.2) is 72.9 Å². The monoisotopic (exact) mass is 417 g/mol. The van der Waals surface area contributed by atoms with Crippen LogP contribution in [0.25, 0.3) is 10.9 Å². The second-order valence-electron chi connectivity index (χ2n) is 7.11. The maximum absolute atomic E-state index is 10.9. The zero-order valence-electron chi connectivity index (χ0n) is 17.3. The summed E-state index contributed by atoms with van der Waals surface area (Å²) >= 11 is 0. The van der Waals surface area contributed by atoms with Gasteiger partial charge < -0.3 is 19.8 Å². The zero-order chi connectivity index (χ0) is 21.8. The smallest absolute Gasteiger partial charge is 0.269 e. The molecule has 3 aromatic carbocycles. The highest BCUT2D eigenvalue weighted by atomic mass is 16.6. The molecule has 2 N–H and O–H groups in total. The topological polar surface area (TPSA) is 89.4 Å². The Balaban J connectivity index is 1.74. The Morgan fingerprint density at radius 1 is 0.968 bits per heavy atom. The molecule has 158 valence electrons. The summed E-state index contributed by atoms with van der Waals surface area (Å²) in [6.45, 7) is 0.559. The fourth-order valence-corrected chi connectivity index (χ4v) is 3.88. The van der Waals surface area contributed by atoms with Crippen LogP contribution in [0, 0.1) is 10.1 Å². The Hall–Kier alpha value is -4.00. The standard InChI is InChI=1S/C24H23N3O4/c1-30-23-9-5-7-19(24(23)31-2)21(20-15-26-22-8-4-3-6-18(20)22)14-25-16-10-12-17(13-11-16)27(28)29/h3-13,15,21,25-26H,14H2,1-2H3. The fourth-order valence-electron chi connectivity index (χ4n) is 3.88. The third kappa shape index (κ3) is 4.02. The zero-order valence-corrected chi connectivity index (χ0v) is 17.3. The van der Waals surface area contributed by atoms with Crippen LogP contribution in [0.4, 0.5) is 11.4 Å². The number of aromatic nitrogens is 1. The van der Waals surface area contributed by atoms with E-state index in [1.54, 1.807) is 26.4 Å². The van der Waals surface area contributed by atoms with Crippen molar-refractivity contribution in [1.29, 1.82) is 0 Å². The number of methoxy groups -OCH3 is 2. The quantitative estimate of drug-likeness (QED) is 0.298. The van der Waals surface area contributed by atoms with Crippen LogP contribution < -0.4 is 14.8 Å². The van der Waals surface area contributed by atoms with Crippen molar-refractivity contribution in [2.24, 2.45) is 0 Å². The van der Waals surface area contributed by atoms with Gasteiger partial charge in [0.05, 0.1) is 19.1 Å². The van der Waals surface area contributed by atoms with Gasteiger partial charge in [-0.2, -0.15) is 0 Å². The normalized spacial score (nSPS) is 11.8. The molecule has 0 radical (unpaired) electrons. The van der Waals surface area contributed by atoms with E-state index in [0.717, 1.165) is 27.7 Å². The molecule has 7 heteroatoms. The number of nitro groups is 1. The van der Waals surface area contributed by atoms with Gasteiger partial charge in [0, 0.05) is 52.9 Å². The molecule has 0 saturated carbocycles. The average molecular weight is 417 g/mol. The van der Waals surface area contributed by atoms with Gasteiger partial charge in [-0.1, -0.05) is 30.3 Å². The van der Waals surface area contributed by atoms with Crippen molar-refractivity contribution in [3.8, 4) is 11.5 Å². The Kier molecular flexibility index (Phi) is 5.75. The molecule has 0 bridgehead atoms. The third-order valence-electron chi connectivity index (χ3n) is 5.39. The minimum atomic E-state index is -0.403. The highest BCUT2D eigenvalue weighted by Crippen LogP contribution is 2.40. The Labute approximate surface area is 179 Å². The van der Waals surface area contributed by atoms with Crippen molar-refractivity contribution in [3.63, 3.8) is 0 Å². The molecule has 0 saturated heterocycles. The number of rotatable bonds is 8. The molecule has 4 rings (SSSR count). The van der Waals surface area contributed by atoms with E-state index < -0.39 is 4.92 Å². The molecule has 4 aromatic rings. The van der Waals surface area contributed by atoms with Gasteiger partial charge in [0.1, 0.15) is 0 Å². The molecular weight excluding hydrogens is 394 g/mol. The van der Waals surface area contributed by atoms with Crippen LogP contribution >= 0.6 is 0 Å². The van der Waals surface area contributed by atoms with Crippen LogP contribution in [-0.4, -0.2) is 30.7 Å². The maximum atomic E-state index is 10.9. The number of hydrogen-bond donors (Lipinski definition) is 2. The van der Waals surface area contributed by atoms with E-state index in [-0.39, 0.29) is 11.6 Å². The van der Waals surface area contributed by atoms with Crippen molar-refractivity contribution in [2.45, 2.75) is 5.92 Å². The van der Waals surface area contributed by atoms with Crippen molar-refractivity contribution < 1.29 is 14.4 Å². The van der Waals surface area contributed by atoms with Gasteiger partial charge in [-0.05, 0) is 29.8 Å². The molecule has 0 amide bonds. The number of nitro benzene ring substituents is 1. The first-order chi connectivity index (χ1) is 15.1. The molecule has 1 unspecified atom stereocenters. The second-order valence-corrected chi connectivity index (χ2v) is 7.11. The molecule has 0 aliphatic rings. The molecular formula is C24H23N3O4. The molecule has 7 nitrogen and oxygen atoms in total. The van der Waals surface area contributed by atoms with Crippen molar-refractivity contribution >= 4 is 22.3 Å². The van der Waals surface area contributed by atoms with Gasteiger partial charge >= 0.3 is 0 Å². The number of anilines is 1. The van der Waals surface area contributed by atoms with E-state index in [1.807, 2.05) is 42.6 Å². The van der Waals surface area contributed by atoms with Crippen LogP contribution in [0.1, 0.15) is 17.0 Å². The summed E-state index contributed by atoms with van der Waals surface area (Å²) < 4.78 is 11.2. The fraction of sp³-hybridized carbons (Fsp3) is 0.167. The van der Waals surface area contributed by atoms with Gasteiger partial charge in [0.2, 0.25) is 0 Å². The summed E-state index contributed by atoms with van der Waals surface area (Å²) in [7, 11) is 3.26. The maximum Gasteiger partial charge on any atom is 0.269 e. The highest BCUT2D eigenvalue weighted by Gasteiger charge is 2.23. The van der Waals surface area contributed by atoms with Gasteiger partial charge in [-0.15, -0.1) is 0 Å². The number of non-ortho nitro benzene ring substituents is 1. The first-order valence-electron chi connectivity index (χ1n) is 9.87. The number of hydrogen-bond acceptors (Lipinski definition) is 5. The predicted octanol–water partition coefficient (Wildman–Crippen LogP) is 5.34. The van der Waals surface area contributed by atoms with Gasteiger partial charge in [0.25, 0.3) is 5.69 Å². The van der Waals surface area contributed by atoms with Crippen molar-refractivity contribution in [2.75, 3.05) is 26.1 Å². The largest absolute Gasteiger partial charge is 0.493 e. The number of benzene rings is 3. The van der Waals surface area contributed by atoms with Crippen molar-refractivity contribution in [3.05, 3.63) is 94.2 Å². The van der Waals surface area contributed by atoms with E-state index in [9.17, 15) is 10.1 Å². The molecule has 0 aliphatic heterocycles. The van der Waals surface area contributed by atoms with Crippen molar-refractivity contribution in [1.82, 2.24) is 4.98 Å². The molecule has 1 aromatic heterocycles. The SMILES string of the molecule is COc1cccc(C(CNc2ccc([N+](=O)[O-])cc2)c2c[nH]c3ccccc23)c1OC. The molecule has 0 spiro atoms. The van der Waals surface area contributed by atoms with Crippen LogP contribution in [0.2, 0.25) is 0 Å². The average Bonchev–Trinajstić information content (AvgIpc) is 3.23. The summed E-state index contributed by atoms with van der Waals surface area (Å²) in [6, 6.07) is 20.4. The minimum absolute atomic E-state index is 0.0589. The lowest BCUT2D eigenvalue weighted by Crippen LogP contribution is -2.15. The lowest BCUT2D eigenvalue weighted by Gasteiger charge is -2.22. The number of aromatic amines is 1. The second kappa shape index (κ2) is 8.79. The first-order valence-corrected chi connectivity index (χ1v) is 9.87. The Bertz CT molecular complexity index is 1200. The summed E-state index contributed by atoms with van der Waals surface area (Å²) in [5.74, 6) is 1.29. The lowest BCUT2D eigenvalue weighted by molar-refractivity contribution is -0.384. The van der Waals surface area contributed by atoms with E-state index >= 15 is 0 Å². The molecule has 1 heterocycles. The van der Waals surface area contributed by atoms with E-state index in [0.29, 0.717) is 18.0 Å². The summed E-state index contributed by atoms with van der Waals surface area (Å²) in [5.41, 5.74) is 4.03.